The summed E-state index contributed by atoms with van der Waals surface area (Å²) < 4.78 is 0. The van der Waals surface area contributed by atoms with Crippen LogP contribution in [0.5, 0.6) is 0 Å². The van der Waals surface area contributed by atoms with E-state index in [0.29, 0.717) is 25.6 Å². The first-order valence-corrected chi connectivity index (χ1v) is 10.2. The highest BCUT2D eigenvalue weighted by atomic mass is 35.5. The Morgan fingerprint density at radius 2 is 1.65 bits per heavy atom. The van der Waals surface area contributed by atoms with Gasteiger partial charge in [-0.25, -0.2) is 4.79 Å². The van der Waals surface area contributed by atoms with Crippen molar-refractivity contribution in [2.45, 2.75) is 95.1 Å². The maximum Gasteiger partial charge on any atom is 0.315 e. The molecule has 2 saturated carbocycles. The maximum absolute atomic E-state index is 12.1. The SMILES string of the molecule is Cl.NCC1(NC(=O)CCCCCNC(=O)NC2CCCCC2)CCCC1. The standard InChI is InChI=1S/C19H36N4O2.ClH/c20-15-19(12-6-7-13-19)23-17(24)11-5-2-8-14-21-18(25)22-16-9-3-1-4-10-16;/h16H,1-15,20H2,(H,23,24)(H2,21,22,25);1H. The highest BCUT2D eigenvalue weighted by molar-refractivity contribution is 5.85. The van der Waals surface area contributed by atoms with Gasteiger partial charge in [0.2, 0.25) is 5.91 Å². The lowest BCUT2D eigenvalue weighted by Crippen LogP contribution is -2.51. The summed E-state index contributed by atoms with van der Waals surface area (Å²) in [5, 5.41) is 9.13. The van der Waals surface area contributed by atoms with E-state index in [2.05, 4.69) is 16.0 Å². The lowest BCUT2D eigenvalue weighted by Gasteiger charge is -2.28. The van der Waals surface area contributed by atoms with E-state index < -0.39 is 0 Å². The Hall–Kier alpha value is -1.01. The summed E-state index contributed by atoms with van der Waals surface area (Å²) in [6.07, 6.45) is 13.5. The Labute approximate surface area is 164 Å². The van der Waals surface area contributed by atoms with E-state index in [0.717, 1.165) is 57.8 Å². The fourth-order valence-corrected chi connectivity index (χ4v) is 4.06. The molecule has 6 nitrogen and oxygen atoms in total. The van der Waals surface area contributed by atoms with Crippen LogP contribution in [0.1, 0.15) is 83.5 Å². The predicted molar refractivity (Wildman–Crippen MR) is 108 cm³/mol. The van der Waals surface area contributed by atoms with Crippen LogP contribution in [0.25, 0.3) is 0 Å². The van der Waals surface area contributed by atoms with Crippen molar-refractivity contribution < 1.29 is 9.59 Å². The molecule has 0 aromatic heterocycles. The molecule has 0 heterocycles. The van der Waals surface area contributed by atoms with Gasteiger partial charge in [-0.1, -0.05) is 38.5 Å². The molecule has 2 aliphatic carbocycles. The summed E-state index contributed by atoms with van der Waals surface area (Å²) in [5.41, 5.74) is 5.70. The first-order chi connectivity index (χ1) is 12.1. The summed E-state index contributed by atoms with van der Waals surface area (Å²) in [4.78, 5) is 23.9. The fourth-order valence-electron chi connectivity index (χ4n) is 4.06. The molecule has 0 aromatic carbocycles. The number of hydrogen-bond acceptors (Lipinski definition) is 3. The molecular formula is C19H37ClN4O2. The van der Waals surface area contributed by atoms with Gasteiger partial charge < -0.3 is 21.7 Å². The van der Waals surface area contributed by atoms with E-state index in [9.17, 15) is 9.59 Å². The second-order valence-electron chi connectivity index (χ2n) is 7.79. The fraction of sp³-hybridized carbons (Fsp3) is 0.895. The zero-order valence-electron chi connectivity index (χ0n) is 16.0. The number of carbonyl (C=O) groups excluding carboxylic acids is 2. The number of rotatable bonds is 9. The number of halogens is 1. The third kappa shape index (κ3) is 8.12. The Morgan fingerprint density at radius 1 is 0.962 bits per heavy atom. The summed E-state index contributed by atoms with van der Waals surface area (Å²) in [5.74, 6) is 0.121. The second-order valence-corrected chi connectivity index (χ2v) is 7.79. The maximum atomic E-state index is 12.1. The van der Waals surface area contributed by atoms with Crippen molar-refractivity contribution in [1.82, 2.24) is 16.0 Å². The molecule has 7 heteroatoms. The van der Waals surface area contributed by atoms with Gasteiger partial charge >= 0.3 is 6.03 Å². The lowest BCUT2D eigenvalue weighted by molar-refractivity contribution is -0.123. The first-order valence-electron chi connectivity index (χ1n) is 10.2. The van der Waals surface area contributed by atoms with E-state index in [-0.39, 0.29) is 29.9 Å². The van der Waals surface area contributed by atoms with E-state index in [1.165, 1.54) is 19.3 Å². The minimum absolute atomic E-state index is 0. The normalized spacial score (nSPS) is 19.4. The van der Waals surface area contributed by atoms with Gasteiger partial charge in [-0.15, -0.1) is 12.4 Å². The molecule has 0 saturated heterocycles. The van der Waals surface area contributed by atoms with Crippen LogP contribution in [-0.4, -0.2) is 36.6 Å². The minimum atomic E-state index is -0.143. The lowest BCUT2D eigenvalue weighted by atomic mass is 9.96. The van der Waals surface area contributed by atoms with Crippen molar-refractivity contribution in [2.75, 3.05) is 13.1 Å². The van der Waals surface area contributed by atoms with Crippen LogP contribution in [0.3, 0.4) is 0 Å². The molecule has 0 atom stereocenters. The Balaban J connectivity index is 0.00000338. The van der Waals surface area contributed by atoms with Crippen molar-refractivity contribution in [2.24, 2.45) is 5.73 Å². The van der Waals surface area contributed by atoms with Crippen molar-refractivity contribution in [3.63, 3.8) is 0 Å². The number of urea groups is 1. The second kappa shape index (κ2) is 12.4. The summed E-state index contributed by atoms with van der Waals surface area (Å²) in [6.45, 7) is 1.21. The molecule has 2 fully saturated rings. The topological polar surface area (TPSA) is 96.2 Å². The minimum Gasteiger partial charge on any atom is -0.349 e. The van der Waals surface area contributed by atoms with Crippen molar-refractivity contribution in [1.29, 1.82) is 0 Å². The van der Waals surface area contributed by atoms with E-state index >= 15 is 0 Å². The number of hydrogen-bond donors (Lipinski definition) is 4. The number of nitrogens with two attached hydrogens (primary N) is 1. The average Bonchev–Trinajstić information content (AvgIpc) is 3.08. The van der Waals surface area contributed by atoms with Gasteiger partial charge in [-0.3, -0.25) is 4.79 Å². The molecule has 2 rings (SSSR count). The molecule has 0 bridgehead atoms. The van der Waals surface area contributed by atoms with Crippen molar-refractivity contribution in [3.05, 3.63) is 0 Å². The number of nitrogens with one attached hydrogen (secondary N) is 3. The summed E-state index contributed by atoms with van der Waals surface area (Å²) >= 11 is 0. The van der Waals surface area contributed by atoms with Gasteiger partial charge in [-0.2, -0.15) is 0 Å². The zero-order valence-corrected chi connectivity index (χ0v) is 16.8. The highest BCUT2D eigenvalue weighted by Gasteiger charge is 2.33. The Morgan fingerprint density at radius 3 is 2.31 bits per heavy atom. The molecule has 0 aliphatic heterocycles. The van der Waals surface area contributed by atoms with Crippen LogP contribution in [-0.2, 0) is 4.79 Å². The quantitative estimate of drug-likeness (QED) is 0.457. The molecule has 26 heavy (non-hydrogen) atoms. The Kier molecular flexibility index (Phi) is 11.0. The molecule has 0 radical (unpaired) electrons. The van der Waals surface area contributed by atoms with Crippen LogP contribution >= 0.6 is 12.4 Å². The molecule has 0 unspecified atom stereocenters. The van der Waals surface area contributed by atoms with Crippen molar-refractivity contribution >= 4 is 24.3 Å². The van der Waals surface area contributed by atoms with Crippen LogP contribution in [0.4, 0.5) is 4.79 Å². The van der Waals surface area contributed by atoms with E-state index in [1.807, 2.05) is 0 Å². The average molecular weight is 389 g/mol. The van der Waals surface area contributed by atoms with Gasteiger partial charge in [0, 0.05) is 25.6 Å². The number of carbonyl (C=O) groups is 2. The zero-order chi connectivity index (χ0) is 18.0. The molecule has 0 aromatic rings. The highest BCUT2D eigenvalue weighted by Crippen LogP contribution is 2.28. The van der Waals surface area contributed by atoms with E-state index in [4.69, 9.17) is 5.73 Å². The summed E-state index contributed by atoms with van der Waals surface area (Å²) in [6, 6.07) is 0.304. The number of amides is 3. The molecule has 2 aliphatic rings. The van der Waals surface area contributed by atoms with Crippen LogP contribution in [0, 0.1) is 0 Å². The molecule has 152 valence electrons. The third-order valence-corrected chi connectivity index (χ3v) is 5.66. The smallest absolute Gasteiger partial charge is 0.315 e. The van der Waals surface area contributed by atoms with Gasteiger partial charge in [0.15, 0.2) is 0 Å². The predicted octanol–water partition coefficient (Wildman–Crippen LogP) is 2.99. The van der Waals surface area contributed by atoms with Crippen LogP contribution < -0.4 is 21.7 Å². The van der Waals surface area contributed by atoms with Gasteiger partial charge in [0.25, 0.3) is 0 Å². The van der Waals surface area contributed by atoms with Gasteiger partial charge in [0.1, 0.15) is 0 Å². The van der Waals surface area contributed by atoms with Gasteiger partial charge in [-0.05, 0) is 38.5 Å². The van der Waals surface area contributed by atoms with Gasteiger partial charge in [0.05, 0.1) is 5.54 Å². The van der Waals surface area contributed by atoms with E-state index in [1.54, 1.807) is 0 Å². The summed E-state index contributed by atoms with van der Waals surface area (Å²) in [7, 11) is 0. The van der Waals surface area contributed by atoms with Crippen LogP contribution in [0.15, 0.2) is 0 Å². The molecule has 0 spiro atoms. The molecule has 5 N–H and O–H groups in total. The molecular weight excluding hydrogens is 352 g/mol. The first kappa shape index (κ1) is 23.0. The monoisotopic (exact) mass is 388 g/mol. The Bertz CT molecular complexity index is 422. The third-order valence-electron chi connectivity index (χ3n) is 5.66. The van der Waals surface area contributed by atoms with Crippen molar-refractivity contribution in [3.8, 4) is 0 Å². The molecule has 3 amide bonds. The van der Waals surface area contributed by atoms with Crippen LogP contribution in [0.2, 0.25) is 0 Å². The number of unbranched alkanes of at least 4 members (excludes halogenated alkanes) is 2. The largest absolute Gasteiger partial charge is 0.349 e.